The zero-order valence-electron chi connectivity index (χ0n) is 42.5. The molecular formula is C44H88N10O18S4. The van der Waals surface area contributed by atoms with E-state index < -0.39 is 171 Å². The van der Waals surface area contributed by atoms with Gasteiger partial charge in [-0.25, -0.2) is 0 Å². The molecule has 446 valence electrons. The van der Waals surface area contributed by atoms with Crippen molar-refractivity contribution in [3.63, 3.8) is 0 Å². The summed E-state index contributed by atoms with van der Waals surface area (Å²) in [6.45, 7) is 1.99. The fourth-order valence-electron chi connectivity index (χ4n) is 9.97. The molecule has 0 aromatic carbocycles. The van der Waals surface area contributed by atoms with E-state index in [9.17, 15) is 40.9 Å². The fraction of sp³-hybridized carbons (Fsp3) is 1.00. The Morgan fingerprint density at radius 2 is 0.684 bits per heavy atom. The molecule has 0 amide bonds. The summed E-state index contributed by atoms with van der Waals surface area (Å²) in [5.41, 5.74) is 61.7. The van der Waals surface area contributed by atoms with Crippen molar-refractivity contribution in [3.05, 3.63) is 0 Å². The van der Waals surface area contributed by atoms with E-state index in [1.165, 1.54) is 23.5 Å². The van der Waals surface area contributed by atoms with Crippen LogP contribution in [0.2, 0.25) is 0 Å². The minimum Gasteiger partial charge on any atom is -0.390 e. The number of aliphatic hydroxyl groups is 8. The first-order valence-corrected chi connectivity index (χ1v) is 30.7. The summed E-state index contributed by atoms with van der Waals surface area (Å²) in [5, 5.41) is 86.8. The van der Waals surface area contributed by atoms with Crippen LogP contribution in [0.3, 0.4) is 0 Å². The van der Waals surface area contributed by atoms with Gasteiger partial charge in [0, 0.05) is 71.8 Å². The molecule has 32 heteroatoms. The molecule has 28 nitrogen and oxygen atoms in total. The van der Waals surface area contributed by atoms with Gasteiger partial charge in [-0.1, -0.05) is 21.6 Å². The Morgan fingerprint density at radius 3 is 1.03 bits per heavy atom. The standard InChI is InChI=1S/C44H88N10O18S4/c45-13-25-23(55)11-21(51)41(65-25)69-37-17(47)9-19(49)39(35(37)61)71-43-33(59)29(53)31(57)27(67-43)15-73-5-1-63-3-7-75-76-8-4-64-2-6-74-16-28-32(58)30(54)34(60)44(68-28)72-40-20(50)10-18(48)38(36(40)62)70-42-22(52)12-24(56)26(14-46)66-42/h17-44,55-62H,1-16,45-54H2/t17-,18-,19+,20+,21+,22+,23-,24-,25+,26+,27+,28+,29-,30-,31+,32+,33+,34+,35-,36-,37+,38+,39-,40-,41+,42+,43-,44-/m0/s1. The number of hydrogen-bond donors (Lipinski definition) is 18. The van der Waals surface area contributed by atoms with E-state index in [0.29, 0.717) is 49.4 Å². The van der Waals surface area contributed by atoms with Gasteiger partial charge in [-0.15, -0.1) is 0 Å². The molecule has 2 saturated carbocycles. The molecule has 0 aromatic heterocycles. The highest BCUT2D eigenvalue weighted by molar-refractivity contribution is 8.76. The summed E-state index contributed by atoms with van der Waals surface area (Å²) in [6, 6.07) is -6.63. The maximum absolute atomic E-state index is 11.4. The molecule has 6 aliphatic rings. The average molecular weight is 1170 g/mol. The highest BCUT2D eigenvalue weighted by Crippen LogP contribution is 2.34. The maximum Gasteiger partial charge on any atom is 0.186 e. The SMILES string of the molecule is NC[C@H]1O[C@H](O[C@H]2[C@H](O)[C@@H](O[C@@H]3O[C@H](CSCCOCCSSCCOCCSC[C@H]4O[C@@H](O[C@@H]5[C@@H](O)[C@H](O[C@H]6O[C@H](CN)[C@@H](O)C[C@H]6N)[C@@H](N)C[C@H]5N)[C@H](O)[C@@H](N)[C@@H]4O)[C@@H](O)[C@H](N)[C@H]3O)[C@H](N)C[C@@H]2N)[C@H](N)C[C@@H]1O. The fourth-order valence-corrected chi connectivity index (χ4v) is 13.5. The predicted octanol–water partition coefficient (Wildman–Crippen LogP) is -8.68. The first kappa shape index (κ1) is 65.4. The summed E-state index contributed by atoms with van der Waals surface area (Å²) in [5.74, 6) is 3.30. The van der Waals surface area contributed by atoms with Gasteiger partial charge in [-0.2, -0.15) is 23.5 Å². The summed E-state index contributed by atoms with van der Waals surface area (Å²) in [7, 11) is 3.31. The number of nitrogens with two attached hydrogens (primary N) is 10. The molecule has 4 aliphatic heterocycles. The third-order valence-corrected chi connectivity index (χ3v) is 18.9. The van der Waals surface area contributed by atoms with Crippen LogP contribution >= 0.6 is 45.1 Å². The second-order valence-electron chi connectivity index (χ2n) is 20.2. The molecule has 0 spiro atoms. The predicted molar refractivity (Wildman–Crippen MR) is 284 cm³/mol. The van der Waals surface area contributed by atoms with Crippen LogP contribution in [0.5, 0.6) is 0 Å². The molecular weight excluding hydrogens is 1080 g/mol. The van der Waals surface area contributed by atoms with Gasteiger partial charge in [0.25, 0.3) is 0 Å². The second kappa shape index (κ2) is 31.8. The first-order valence-electron chi connectivity index (χ1n) is 25.9. The van der Waals surface area contributed by atoms with Crippen LogP contribution in [0, 0.1) is 0 Å². The van der Waals surface area contributed by atoms with Crippen molar-refractivity contribution in [1.29, 1.82) is 0 Å². The van der Waals surface area contributed by atoms with E-state index in [1.807, 2.05) is 0 Å². The van der Waals surface area contributed by atoms with E-state index in [4.69, 9.17) is 105 Å². The number of hydrogen-bond acceptors (Lipinski definition) is 32. The lowest BCUT2D eigenvalue weighted by atomic mass is 9.84. The van der Waals surface area contributed by atoms with Crippen LogP contribution < -0.4 is 57.3 Å². The highest BCUT2D eigenvalue weighted by atomic mass is 33.1. The summed E-state index contributed by atoms with van der Waals surface area (Å²) in [4.78, 5) is 0. The van der Waals surface area contributed by atoms with E-state index in [-0.39, 0.29) is 38.8 Å². The molecule has 4 saturated heterocycles. The van der Waals surface area contributed by atoms with E-state index >= 15 is 0 Å². The van der Waals surface area contributed by atoms with Crippen LogP contribution in [-0.2, 0) is 47.4 Å². The van der Waals surface area contributed by atoms with Gasteiger partial charge >= 0.3 is 0 Å². The van der Waals surface area contributed by atoms with Crippen molar-refractivity contribution >= 4 is 45.1 Å². The Morgan fingerprint density at radius 1 is 0.368 bits per heavy atom. The Balaban J connectivity index is 0.803. The molecule has 2 aliphatic carbocycles. The molecule has 0 aromatic rings. The largest absolute Gasteiger partial charge is 0.390 e. The minimum atomic E-state index is -1.44. The topological polar surface area (TPSA) is 514 Å². The zero-order chi connectivity index (χ0) is 55.4. The lowest BCUT2D eigenvalue weighted by Crippen LogP contribution is -2.68. The third-order valence-electron chi connectivity index (χ3n) is 14.5. The van der Waals surface area contributed by atoms with Gasteiger partial charge in [-0.3, -0.25) is 0 Å². The smallest absolute Gasteiger partial charge is 0.186 e. The summed E-state index contributed by atoms with van der Waals surface area (Å²) in [6.07, 6.45) is -21.1. The van der Waals surface area contributed by atoms with E-state index in [1.54, 1.807) is 21.6 Å². The normalized spacial score (nSPS) is 46.5. The third kappa shape index (κ3) is 17.4. The molecule has 6 fully saturated rings. The van der Waals surface area contributed by atoms with Crippen molar-refractivity contribution in [3.8, 4) is 0 Å². The van der Waals surface area contributed by atoms with E-state index in [0.717, 1.165) is 11.5 Å². The highest BCUT2D eigenvalue weighted by Gasteiger charge is 2.52. The first-order chi connectivity index (χ1) is 36.2. The zero-order valence-corrected chi connectivity index (χ0v) is 45.8. The Kier molecular flexibility index (Phi) is 27.4. The Bertz CT molecular complexity index is 1560. The molecule has 0 unspecified atom stereocenters. The van der Waals surface area contributed by atoms with Crippen LogP contribution in [0.4, 0.5) is 0 Å². The van der Waals surface area contributed by atoms with Gasteiger partial charge < -0.3 is 146 Å². The average Bonchev–Trinajstić information content (AvgIpc) is 3.39. The maximum atomic E-state index is 11.4. The van der Waals surface area contributed by atoms with Crippen molar-refractivity contribution < 1.29 is 88.2 Å². The van der Waals surface area contributed by atoms with Crippen LogP contribution in [0.15, 0.2) is 0 Å². The molecule has 4 heterocycles. The summed E-state index contributed by atoms with van der Waals surface area (Å²) >= 11 is 2.94. The van der Waals surface area contributed by atoms with Gasteiger partial charge in [-0.05, 0) is 25.7 Å². The lowest BCUT2D eigenvalue weighted by Gasteiger charge is -2.48. The molecule has 76 heavy (non-hydrogen) atoms. The molecule has 0 bridgehead atoms. The second-order valence-corrected chi connectivity index (χ2v) is 25.2. The van der Waals surface area contributed by atoms with Gasteiger partial charge in [0.2, 0.25) is 0 Å². The van der Waals surface area contributed by atoms with Gasteiger partial charge in [0.05, 0.1) is 99.4 Å². The van der Waals surface area contributed by atoms with Crippen molar-refractivity contribution in [2.75, 3.05) is 74.0 Å². The quantitative estimate of drug-likeness (QED) is 0.0268. The number of ether oxygens (including phenoxy) is 10. The Labute approximate surface area is 459 Å². The van der Waals surface area contributed by atoms with Crippen LogP contribution in [0.25, 0.3) is 0 Å². The van der Waals surface area contributed by atoms with Gasteiger partial charge in [0.1, 0.15) is 48.8 Å². The monoisotopic (exact) mass is 1170 g/mol. The molecule has 6 rings (SSSR count). The molecule has 28 N–H and O–H groups in total. The Hall–Kier alpha value is 0.280. The van der Waals surface area contributed by atoms with Gasteiger partial charge in [0.15, 0.2) is 25.2 Å². The molecule has 28 atom stereocenters. The van der Waals surface area contributed by atoms with Crippen molar-refractivity contribution in [2.24, 2.45) is 57.3 Å². The van der Waals surface area contributed by atoms with Crippen molar-refractivity contribution in [2.45, 2.75) is 197 Å². The van der Waals surface area contributed by atoms with E-state index in [2.05, 4.69) is 0 Å². The van der Waals surface area contributed by atoms with Crippen LogP contribution in [0.1, 0.15) is 25.7 Å². The molecule has 0 radical (unpaired) electrons. The lowest BCUT2D eigenvalue weighted by molar-refractivity contribution is -0.309. The number of rotatable bonds is 27. The number of aliphatic hydroxyl groups excluding tert-OH is 8. The van der Waals surface area contributed by atoms with Crippen molar-refractivity contribution in [1.82, 2.24) is 0 Å². The minimum absolute atomic E-state index is 0.0334. The van der Waals surface area contributed by atoms with Crippen LogP contribution in [-0.4, -0.2) is 286 Å². The number of thioether (sulfide) groups is 2. The summed E-state index contributed by atoms with van der Waals surface area (Å²) < 4.78 is 59.4.